The number of carbonyl (C=O) groups is 1. The largest absolute Gasteiger partial charge is 0.450 e. The van der Waals surface area contributed by atoms with Crippen LogP contribution in [0.5, 0.6) is 0 Å². The lowest BCUT2D eigenvalue weighted by Gasteiger charge is -2.24. The van der Waals surface area contributed by atoms with E-state index in [1.165, 1.54) is 12.1 Å². The van der Waals surface area contributed by atoms with E-state index in [4.69, 9.17) is 9.15 Å². The van der Waals surface area contributed by atoms with Crippen molar-refractivity contribution in [1.29, 1.82) is 0 Å². The zero-order chi connectivity index (χ0) is 19.8. The highest BCUT2D eigenvalue weighted by molar-refractivity contribution is 7.98. The fourth-order valence-electron chi connectivity index (χ4n) is 3.55. The van der Waals surface area contributed by atoms with Crippen LogP contribution < -0.4 is 5.43 Å². The third-order valence-corrected chi connectivity index (χ3v) is 5.64. The summed E-state index contributed by atoms with van der Waals surface area (Å²) in [6.45, 7) is 0.625. The van der Waals surface area contributed by atoms with Crippen LogP contribution in [0.3, 0.4) is 0 Å². The van der Waals surface area contributed by atoms with Crippen LogP contribution in [-0.2, 0) is 4.74 Å². The lowest BCUT2D eigenvalue weighted by Crippen LogP contribution is -2.32. The van der Waals surface area contributed by atoms with E-state index in [0.717, 1.165) is 16.5 Å². The third-order valence-electron chi connectivity index (χ3n) is 4.90. The van der Waals surface area contributed by atoms with Crippen LogP contribution in [0.4, 0.5) is 4.39 Å². The van der Waals surface area contributed by atoms with Gasteiger partial charge in [-0.1, -0.05) is 12.1 Å². The van der Waals surface area contributed by atoms with Crippen molar-refractivity contribution < 1.29 is 18.3 Å². The predicted molar refractivity (Wildman–Crippen MR) is 105 cm³/mol. The molecular formula is C21H18FNO4S. The third kappa shape index (κ3) is 3.00. The Morgan fingerprint density at radius 1 is 1.18 bits per heavy atom. The normalized spacial score (nSPS) is 16.0. The number of amides is 1. The first-order valence-electron chi connectivity index (χ1n) is 8.75. The molecule has 0 bridgehead atoms. The van der Waals surface area contributed by atoms with Gasteiger partial charge in [-0.05, 0) is 42.2 Å². The second-order valence-electron chi connectivity index (χ2n) is 6.48. The van der Waals surface area contributed by atoms with Gasteiger partial charge < -0.3 is 14.1 Å². The molecule has 0 radical (unpaired) electrons. The van der Waals surface area contributed by atoms with Gasteiger partial charge in [0.05, 0.1) is 23.6 Å². The lowest BCUT2D eigenvalue weighted by molar-refractivity contribution is 0.0663. The van der Waals surface area contributed by atoms with Gasteiger partial charge in [0.2, 0.25) is 5.76 Å². The van der Waals surface area contributed by atoms with E-state index >= 15 is 0 Å². The molecule has 144 valence electrons. The molecule has 5 nitrogen and oxygen atoms in total. The molecule has 0 fully saturated rings. The van der Waals surface area contributed by atoms with Crippen molar-refractivity contribution >= 4 is 28.6 Å². The zero-order valence-corrected chi connectivity index (χ0v) is 16.2. The van der Waals surface area contributed by atoms with Crippen molar-refractivity contribution in [3.8, 4) is 0 Å². The number of rotatable bonds is 5. The molecule has 4 rings (SSSR count). The Hall–Kier alpha value is -2.64. The molecule has 1 amide bonds. The van der Waals surface area contributed by atoms with Crippen molar-refractivity contribution in [3.05, 3.63) is 75.4 Å². The number of halogens is 1. The Balaban J connectivity index is 1.94. The van der Waals surface area contributed by atoms with Crippen LogP contribution in [0.2, 0.25) is 0 Å². The topological polar surface area (TPSA) is 59.8 Å². The molecule has 1 aliphatic rings. The van der Waals surface area contributed by atoms with Crippen LogP contribution in [0.25, 0.3) is 11.0 Å². The van der Waals surface area contributed by atoms with Gasteiger partial charge in [0.15, 0.2) is 5.43 Å². The van der Waals surface area contributed by atoms with Gasteiger partial charge in [-0.25, -0.2) is 4.39 Å². The van der Waals surface area contributed by atoms with Gasteiger partial charge in [-0.3, -0.25) is 9.59 Å². The van der Waals surface area contributed by atoms with Crippen molar-refractivity contribution in [2.75, 3.05) is 26.5 Å². The maximum atomic E-state index is 13.7. The molecule has 2 heterocycles. The summed E-state index contributed by atoms with van der Waals surface area (Å²) in [4.78, 5) is 28.9. The molecule has 0 N–H and O–H groups in total. The minimum Gasteiger partial charge on any atom is -0.450 e. The van der Waals surface area contributed by atoms with Crippen LogP contribution in [-0.4, -0.2) is 37.3 Å². The summed E-state index contributed by atoms with van der Waals surface area (Å²) in [6, 6.07) is 10.8. The number of benzene rings is 2. The van der Waals surface area contributed by atoms with Gasteiger partial charge in [0.25, 0.3) is 5.91 Å². The summed E-state index contributed by atoms with van der Waals surface area (Å²) in [5, 5.41) is 0.130. The number of nitrogens with zero attached hydrogens (tertiary/aromatic N) is 1. The Morgan fingerprint density at radius 2 is 1.93 bits per heavy atom. The summed E-state index contributed by atoms with van der Waals surface area (Å²) < 4.78 is 24.6. The van der Waals surface area contributed by atoms with Crippen molar-refractivity contribution in [3.63, 3.8) is 0 Å². The number of methoxy groups -OCH3 is 1. The smallest absolute Gasteiger partial charge is 0.290 e. The number of hydrogen-bond acceptors (Lipinski definition) is 5. The average molecular weight is 399 g/mol. The fraction of sp³-hybridized carbons (Fsp3) is 0.238. The van der Waals surface area contributed by atoms with Crippen molar-refractivity contribution in [2.24, 2.45) is 0 Å². The molecule has 2 aromatic carbocycles. The van der Waals surface area contributed by atoms with E-state index in [1.807, 2.05) is 30.5 Å². The second-order valence-corrected chi connectivity index (χ2v) is 7.36. The van der Waals surface area contributed by atoms with E-state index in [9.17, 15) is 14.0 Å². The summed E-state index contributed by atoms with van der Waals surface area (Å²) in [6.07, 6.45) is 1.98. The Morgan fingerprint density at radius 3 is 2.61 bits per heavy atom. The highest BCUT2D eigenvalue weighted by Crippen LogP contribution is 2.38. The minimum absolute atomic E-state index is 0.0131. The summed E-state index contributed by atoms with van der Waals surface area (Å²) in [7, 11) is 1.55. The lowest BCUT2D eigenvalue weighted by atomic mass is 9.98. The first-order chi connectivity index (χ1) is 13.5. The number of carbonyl (C=O) groups excluding carboxylic acids is 1. The maximum absolute atomic E-state index is 13.7. The van der Waals surface area contributed by atoms with Gasteiger partial charge >= 0.3 is 0 Å². The molecule has 1 aromatic heterocycles. The SMILES string of the molecule is COCCN1C(=O)c2oc3ccc(F)cc3c(=O)c2[C@@H]1c1ccc(SC)cc1. The molecule has 0 spiro atoms. The summed E-state index contributed by atoms with van der Waals surface area (Å²) >= 11 is 1.61. The van der Waals surface area contributed by atoms with E-state index in [2.05, 4.69) is 0 Å². The molecular weight excluding hydrogens is 381 g/mol. The Kier molecular flexibility index (Phi) is 4.95. The van der Waals surface area contributed by atoms with Crippen LogP contribution in [0, 0.1) is 5.82 Å². The van der Waals surface area contributed by atoms with E-state index in [0.29, 0.717) is 13.2 Å². The highest BCUT2D eigenvalue weighted by Gasteiger charge is 2.42. The second kappa shape index (κ2) is 7.41. The molecule has 28 heavy (non-hydrogen) atoms. The van der Waals surface area contributed by atoms with Crippen molar-refractivity contribution in [1.82, 2.24) is 4.90 Å². The summed E-state index contributed by atoms with van der Waals surface area (Å²) in [5.74, 6) is -0.880. The molecule has 0 saturated carbocycles. The van der Waals surface area contributed by atoms with Gasteiger partial charge in [-0.2, -0.15) is 0 Å². The predicted octanol–water partition coefficient (Wildman–Crippen LogP) is 3.85. The van der Waals surface area contributed by atoms with Gasteiger partial charge in [0.1, 0.15) is 11.4 Å². The van der Waals surface area contributed by atoms with Crippen LogP contribution >= 0.6 is 11.8 Å². The zero-order valence-electron chi connectivity index (χ0n) is 15.4. The molecule has 0 unspecified atom stereocenters. The van der Waals surface area contributed by atoms with E-state index in [1.54, 1.807) is 23.8 Å². The number of fused-ring (bicyclic) bond motifs is 2. The molecule has 0 aliphatic carbocycles. The van der Waals surface area contributed by atoms with Crippen LogP contribution in [0.1, 0.15) is 27.7 Å². The minimum atomic E-state index is -0.600. The number of hydrogen-bond donors (Lipinski definition) is 0. The molecule has 1 aliphatic heterocycles. The number of thioether (sulfide) groups is 1. The molecule has 7 heteroatoms. The van der Waals surface area contributed by atoms with Gasteiger partial charge in [0, 0.05) is 18.6 Å². The van der Waals surface area contributed by atoms with Crippen LogP contribution in [0.15, 0.2) is 56.6 Å². The molecule has 1 atom stereocenters. The fourth-order valence-corrected chi connectivity index (χ4v) is 3.95. The Bertz CT molecular complexity index is 1110. The quantitative estimate of drug-likeness (QED) is 0.610. The first-order valence-corrected chi connectivity index (χ1v) is 9.97. The van der Waals surface area contributed by atoms with Crippen molar-refractivity contribution in [2.45, 2.75) is 10.9 Å². The average Bonchev–Trinajstić information content (AvgIpc) is 2.99. The highest BCUT2D eigenvalue weighted by atomic mass is 32.2. The molecule has 0 saturated heterocycles. The van der Waals surface area contributed by atoms with E-state index in [-0.39, 0.29) is 33.6 Å². The van der Waals surface area contributed by atoms with Gasteiger partial charge in [-0.15, -0.1) is 11.8 Å². The Labute approximate surface area is 165 Å². The standard InChI is InChI=1S/C21H18FNO4S/c1-26-10-9-23-18(12-3-6-14(28-2)7-4-12)17-19(24)15-11-13(22)5-8-16(15)27-20(17)21(23)25/h3-8,11,18H,9-10H2,1-2H3/t18-/m0/s1. The van der Waals surface area contributed by atoms with E-state index < -0.39 is 11.9 Å². The first kappa shape index (κ1) is 18.7. The summed E-state index contributed by atoms with van der Waals surface area (Å²) in [5.41, 5.74) is 0.853. The maximum Gasteiger partial charge on any atom is 0.290 e. The molecule has 3 aromatic rings. The number of ether oxygens (including phenoxy) is 1. The monoisotopic (exact) mass is 399 g/mol.